The average molecular weight is 308 g/mol. The number of benzene rings is 2. The second-order valence-electron chi connectivity index (χ2n) is 5.08. The van der Waals surface area contributed by atoms with Gasteiger partial charge in [-0.25, -0.2) is 4.39 Å². The van der Waals surface area contributed by atoms with Crippen LogP contribution in [0.15, 0.2) is 54.7 Å². The van der Waals surface area contributed by atoms with Crippen LogP contribution in [0.1, 0.15) is 5.56 Å². The minimum Gasteiger partial charge on any atom is -0.618 e. The normalized spacial score (nSPS) is 10.7. The molecule has 0 saturated heterocycles. The third-order valence-electron chi connectivity index (χ3n) is 3.74. The molecule has 0 saturated carbocycles. The number of nitrogens with two attached hydrogens (primary N) is 2. The summed E-state index contributed by atoms with van der Waals surface area (Å²) in [6, 6.07) is 15.8. The summed E-state index contributed by atoms with van der Waals surface area (Å²) in [5.74, 6) is -0.444. The lowest BCUT2D eigenvalue weighted by Gasteiger charge is -2.14. The zero-order valence-electron chi connectivity index (χ0n) is 12.3. The Morgan fingerprint density at radius 2 is 1.87 bits per heavy atom. The summed E-state index contributed by atoms with van der Waals surface area (Å²) >= 11 is 0. The van der Waals surface area contributed by atoms with E-state index in [0.29, 0.717) is 21.4 Å². The number of nitrogen functional groups attached to an aromatic ring is 1. The van der Waals surface area contributed by atoms with Crippen molar-refractivity contribution in [2.45, 2.75) is 6.54 Å². The third-order valence-corrected chi connectivity index (χ3v) is 3.74. The topological polar surface area (TPSA) is 79.0 Å². The van der Waals surface area contributed by atoms with Crippen molar-refractivity contribution in [3.8, 4) is 22.4 Å². The van der Waals surface area contributed by atoms with Gasteiger partial charge in [0.25, 0.3) is 0 Å². The molecular weight excluding hydrogens is 293 g/mol. The molecule has 2 aromatic carbocycles. The Bertz CT molecular complexity index is 865. The van der Waals surface area contributed by atoms with E-state index in [4.69, 9.17) is 11.5 Å². The molecule has 0 spiro atoms. The molecule has 0 unspecified atom stereocenters. The van der Waals surface area contributed by atoms with E-state index in [9.17, 15) is 9.60 Å². The number of pyridine rings is 1. The first-order valence-corrected chi connectivity index (χ1v) is 7.09. The van der Waals surface area contributed by atoms with Crippen molar-refractivity contribution in [2.24, 2.45) is 5.73 Å². The number of hydrogen-bond acceptors (Lipinski definition) is 3. The highest BCUT2D eigenvalue weighted by atomic mass is 19.1. The zero-order chi connectivity index (χ0) is 16.4. The first-order valence-electron chi connectivity index (χ1n) is 7.09. The Morgan fingerprint density at radius 3 is 2.61 bits per heavy atom. The maximum Gasteiger partial charge on any atom is 0.247 e. The summed E-state index contributed by atoms with van der Waals surface area (Å²) in [7, 11) is 0. The standard InChI is InChI=1S/C18H15FN3O/c19-16-8-4-3-7-14(16)15-9-10-22(23)18(17(15)21)13-6-2-1-5-12(13)11-20/h1-3,5-10H,11,20-21H2. The van der Waals surface area contributed by atoms with Crippen LogP contribution in [0.5, 0.6) is 0 Å². The fourth-order valence-electron chi connectivity index (χ4n) is 2.61. The van der Waals surface area contributed by atoms with Crippen LogP contribution in [-0.2, 0) is 6.54 Å². The summed E-state index contributed by atoms with van der Waals surface area (Å²) in [6.45, 7) is 0.272. The summed E-state index contributed by atoms with van der Waals surface area (Å²) in [5, 5.41) is 12.3. The van der Waals surface area contributed by atoms with Gasteiger partial charge < -0.3 is 16.7 Å². The summed E-state index contributed by atoms with van der Waals surface area (Å²) in [6.07, 6.45) is 1.32. The molecule has 3 rings (SSSR count). The molecule has 0 amide bonds. The molecule has 0 aliphatic carbocycles. The molecule has 0 fully saturated rings. The van der Waals surface area contributed by atoms with E-state index in [0.717, 1.165) is 5.56 Å². The number of halogens is 1. The van der Waals surface area contributed by atoms with Crippen LogP contribution in [-0.4, -0.2) is 0 Å². The van der Waals surface area contributed by atoms with Gasteiger partial charge in [0, 0.05) is 23.7 Å². The van der Waals surface area contributed by atoms with Gasteiger partial charge in [0.1, 0.15) is 11.5 Å². The van der Waals surface area contributed by atoms with E-state index in [1.807, 2.05) is 12.1 Å². The highest BCUT2D eigenvalue weighted by molar-refractivity contribution is 5.86. The molecule has 4 N–H and O–H groups in total. The van der Waals surface area contributed by atoms with Gasteiger partial charge in [-0.15, -0.1) is 0 Å². The quantitative estimate of drug-likeness (QED) is 0.576. The summed E-state index contributed by atoms with van der Waals surface area (Å²) in [4.78, 5) is 0. The molecule has 1 radical (unpaired) electrons. The second-order valence-corrected chi connectivity index (χ2v) is 5.08. The van der Waals surface area contributed by atoms with E-state index in [2.05, 4.69) is 6.07 Å². The molecule has 5 heteroatoms. The van der Waals surface area contributed by atoms with Gasteiger partial charge in [-0.05, 0) is 23.8 Å². The highest BCUT2D eigenvalue weighted by Crippen LogP contribution is 2.34. The lowest BCUT2D eigenvalue weighted by molar-refractivity contribution is -0.592. The van der Waals surface area contributed by atoms with Crippen LogP contribution in [0.25, 0.3) is 22.4 Å². The van der Waals surface area contributed by atoms with Gasteiger partial charge in [0.2, 0.25) is 5.69 Å². The molecule has 0 aliphatic rings. The van der Waals surface area contributed by atoms with E-state index in [1.54, 1.807) is 24.3 Å². The largest absolute Gasteiger partial charge is 0.618 e. The first-order chi connectivity index (χ1) is 11.1. The predicted molar refractivity (Wildman–Crippen MR) is 87.4 cm³/mol. The van der Waals surface area contributed by atoms with Gasteiger partial charge >= 0.3 is 0 Å². The SMILES string of the molecule is NCc1ccccc1-c1c(N)c(-c2cc[c]cc2F)cc[n+]1[O-]. The minimum atomic E-state index is -0.444. The monoisotopic (exact) mass is 308 g/mol. The molecule has 4 nitrogen and oxygen atoms in total. The molecule has 115 valence electrons. The van der Waals surface area contributed by atoms with Crippen LogP contribution >= 0.6 is 0 Å². The Labute approximate surface area is 133 Å². The van der Waals surface area contributed by atoms with Crippen LogP contribution in [0, 0.1) is 17.1 Å². The summed E-state index contributed by atoms with van der Waals surface area (Å²) < 4.78 is 14.7. The van der Waals surface area contributed by atoms with Gasteiger partial charge in [0.05, 0.1) is 5.56 Å². The molecule has 0 bridgehead atoms. The van der Waals surface area contributed by atoms with Gasteiger partial charge in [-0.3, -0.25) is 0 Å². The number of aromatic nitrogens is 1. The lowest BCUT2D eigenvalue weighted by atomic mass is 9.97. The maximum absolute atomic E-state index is 14.0. The van der Waals surface area contributed by atoms with Crippen molar-refractivity contribution >= 4 is 5.69 Å². The Hall–Kier alpha value is -2.92. The Balaban J connectivity index is 2.27. The third kappa shape index (κ3) is 2.62. The van der Waals surface area contributed by atoms with Crippen molar-refractivity contribution in [1.82, 2.24) is 0 Å². The Morgan fingerprint density at radius 1 is 1.09 bits per heavy atom. The van der Waals surface area contributed by atoms with Crippen LogP contribution in [0.3, 0.4) is 0 Å². The fraction of sp³-hybridized carbons (Fsp3) is 0.0556. The molecule has 0 aliphatic heterocycles. The zero-order valence-corrected chi connectivity index (χ0v) is 12.3. The molecular formula is C18H15FN3O. The van der Waals surface area contributed by atoms with Crippen molar-refractivity contribution in [2.75, 3.05) is 5.73 Å². The molecule has 23 heavy (non-hydrogen) atoms. The number of hydrogen-bond donors (Lipinski definition) is 2. The van der Waals surface area contributed by atoms with Crippen LogP contribution in [0.2, 0.25) is 0 Å². The number of nitrogens with zero attached hydrogens (tertiary/aromatic N) is 1. The molecule has 3 aromatic rings. The number of rotatable bonds is 3. The predicted octanol–water partition coefficient (Wildman–Crippen LogP) is 2.63. The molecule has 1 heterocycles. The fourth-order valence-corrected chi connectivity index (χ4v) is 2.61. The highest BCUT2D eigenvalue weighted by Gasteiger charge is 2.21. The maximum atomic E-state index is 14.0. The van der Waals surface area contributed by atoms with Crippen LogP contribution in [0.4, 0.5) is 10.1 Å². The van der Waals surface area contributed by atoms with E-state index in [-0.39, 0.29) is 17.9 Å². The van der Waals surface area contributed by atoms with E-state index >= 15 is 0 Å². The average Bonchev–Trinajstić information content (AvgIpc) is 2.56. The number of anilines is 1. The second kappa shape index (κ2) is 6.06. The van der Waals surface area contributed by atoms with Crippen molar-refractivity contribution in [3.05, 3.63) is 77.4 Å². The van der Waals surface area contributed by atoms with Gasteiger partial charge in [-0.1, -0.05) is 30.3 Å². The van der Waals surface area contributed by atoms with Gasteiger partial charge in [-0.2, -0.15) is 4.73 Å². The van der Waals surface area contributed by atoms with Crippen molar-refractivity contribution in [1.29, 1.82) is 0 Å². The van der Waals surface area contributed by atoms with Gasteiger partial charge in [0.15, 0.2) is 6.20 Å². The lowest BCUT2D eigenvalue weighted by Crippen LogP contribution is -2.30. The van der Waals surface area contributed by atoms with Crippen molar-refractivity contribution < 1.29 is 9.12 Å². The first kappa shape index (κ1) is 15.0. The van der Waals surface area contributed by atoms with E-state index in [1.165, 1.54) is 18.3 Å². The van der Waals surface area contributed by atoms with Crippen molar-refractivity contribution in [3.63, 3.8) is 0 Å². The Kier molecular flexibility index (Phi) is 3.95. The molecule has 1 aromatic heterocycles. The summed E-state index contributed by atoms with van der Waals surface area (Å²) in [5.41, 5.74) is 14.7. The minimum absolute atomic E-state index is 0.216. The smallest absolute Gasteiger partial charge is 0.247 e. The molecule has 0 atom stereocenters. The van der Waals surface area contributed by atoms with E-state index < -0.39 is 5.82 Å². The van der Waals surface area contributed by atoms with Crippen LogP contribution < -0.4 is 16.2 Å².